The molecule has 48 heavy (non-hydrogen) atoms. The third-order valence-electron chi connectivity index (χ3n) is 9.48. The van der Waals surface area contributed by atoms with Gasteiger partial charge in [-0.05, 0) is 60.8 Å². The SMILES string of the molecule is CN1C(=O)OC2(CCN(CCC[C@H](C(=O)N(C)[C@@H](Cc3ccccc3)C(=O)NCCN)c3ccc(Cl)c(Cl)c3)CC2)c2cc(F)ccc21. The number of benzene rings is 3. The van der Waals surface area contributed by atoms with Gasteiger partial charge in [0.25, 0.3) is 0 Å². The summed E-state index contributed by atoms with van der Waals surface area (Å²) in [5.41, 5.74) is 7.78. The Kier molecular flexibility index (Phi) is 11.6. The summed E-state index contributed by atoms with van der Waals surface area (Å²) in [5.74, 6) is -1.42. The van der Waals surface area contributed by atoms with Gasteiger partial charge in [0.1, 0.15) is 17.5 Å². The van der Waals surface area contributed by atoms with Crippen LogP contribution >= 0.6 is 23.2 Å². The summed E-state index contributed by atoms with van der Waals surface area (Å²) in [5, 5.41) is 3.59. The number of carbonyl (C=O) groups is 3. The molecule has 12 heteroatoms. The average Bonchev–Trinajstić information content (AvgIpc) is 3.09. The maximum atomic E-state index is 14.3. The van der Waals surface area contributed by atoms with E-state index in [0.29, 0.717) is 79.6 Å². The van der Waals surface area contributed by atoms with Gasteiger partial charge in [0, 0.05) is 65.1 Å². The van der Waals surface area contributed by atoms with Crippen LogP contribution < -0.4 is 16.0 Å². The van der Waals surface area contributed by atoms with Gasteiger partial charge in [-0.15, -0.1) is 0 Å². The molecule has 1 fully saturated rings. The van der Waals surface area contributed by atoms with E-state index >= 15 is 0 Å². The van der Waals surface area contributed by atoms with Crippen molar-refractivity contribution in [3.8, 4) is 0 Å². The summed E-state index contributed by atoms with van der Waals surface area (Å²) in [6.07, 6.45) is 2.13. The first kappa shape index (κ1) is 35.6. The highest BCUT2D eigenvalue weighted by atomic mass is 35.5. The highest BCUT2D eigenvalue weighted by molar-refractivity contribution is 6.42. The Morgan fingerprint density at radius 1 is 1.06 bits per heavy atom. The number of anilines is 1. The highest BCUT2D eigenvalue weighted by Crippen LogP contribution is 2.45. The van der Waals surface area contributed by atoms with E-state index in [0.717, 1.165) is 11.1 Å². The predicted molar refractivity (Wildman–Crippen MR) is 186 cm³/mol. The fourth-order valence-electron chi connectivity index (χ4n) is 6.70. The van der Waals surface area contributed by atoms with Crippen LogP contribution in [0.2, 0.25) is 10.0 Å². The molecule has 2 atom stereocenters. The molecule has 0 bridgehead atoms. The maximum absolute atomic E-state index is 14.3. The molecule has 2 heterocycles. The lowest BCUT2D eigenvalue weighted by Crippen LogP contribution is -2.51. The van der Waals surface area contributed by atoms with E-state index in [4.69, 9.17) is 33.7 Å². The molecule has 2 aliphatic rings. The number of hydrogen-bond acceptors (Lipinski definition) is 6. The number of fused-ring (bicyclic) bond motifs is 2. The first-order valence-corrected chi connectivity index (χ1v) is 17.0. The van der Waals surface area contributed by atoms with Crippen LogP contribution in [-0.2, 0) is 26.3 Å². The Balaban J connectivity index is 1.30. The molecule has 0 radical (unpaired) electrons. The number of amides is 3. The van der Waals surface area contributed by atoms with Crippen LogP contribution in [0.1, 0.15) is 48.3 Å². The van der Waals surface area contributed by atoms with Gasteiger partial charge >= 0.3 is 6.09 Å². The number of ether oxygens (including phenoxy) is 1. The fraction of sp³-hybridized carbons (Fsp3) is 0.417. The monoisotopic (exact) mass is 697 g/mol. The molecule has 3 aromatic rings. The third kappa shape index (κ3) is 7.94. The second kappa shape index (κ2) is 15.7. The van der Waals surface area contributed by atoms with Crippen LogP contribution in [-0.4, -0.2) is 80.6 Å². The number of rotatable bonds is 12. The van der Waals surface area contributed by atoms with Crippen LogP contribution in [0.5, 0.6) is 0 Å². The molecule has 2 aliphatic heterocycles. The molecular formula is C36H42Cl2FN5O4. The van der Waals surface area contributed by atoms with Crippen LogP contribution in [0.15, 0.2) is 66.7 Å². The Bertz CT molecular complexity index is 1620. The summed E-state index contributed by atoms with van der Waals surface area (Å²) in [7, 11) is 3.29. The lowest BCUT2D eigenvalue weighted by atomic mass is 9.82. The summed E-state index contributed by atoms with van der Waals surface area (Å²) in [6.45, 7) is 2.56. The number of hydrogen-bond donors (Lipinski definition) is 2. The molecule has 9 nitrogen and oxygen atoms in total. The number of likely N-dealkylation sites (N-methyl/N-ethyl adjacent to an activating group) is 1. The molecule has 1 spiro atoms. The van der Waals surface area contributed by atoms with E-state index in [9.17, 15) is 18.8 Å². The number of likely N-dealkylation sites (tertiary alicyclic amines) is 1. The van der Waals surface area contributed by atoms with E-state index in [2.05, 4.69) is 10.2 Å². The topological polar surface area (TPSA) is 108 Å². The van der Waals surface area contributed by atoms with Crippen molar-refractivity contribution in [3.05, 3.63) is 99.3 Å². The van der Waals surface area contributed by atoms with E-state index in [1.54, 1.807) is 38.4 Å². The normalized spacial score (nSPS) is 17.0. The average molecular weight is 699 g/mol. The zero-order valence-electron chi connectivity index (χ0n) is 27.3. The second-order valence-corrected chi connectivity index (χ2v) is 13.3. The summed E-state index contributed by atoms with van der Waals surface area (Å²) in [4.78, 5) is 45.5. The summed E-state index contributed by atoms with van der Waals surface area (Å²) < 4.78 is 20.2. The van der Waals surface area contributed by atoms with Crippen molar-refractivity contribution in [3.63, 3.8) is 0 Å². The van der Waals surface area contributed by atoms with Crippen molar-refractivity contribution in [2.75, 3.05) is 51.7 Å². The largest absolute Gasteiger partial charge is 0.437 e. The van der Waals surface area contributed by atoms with Gasteiger partial charge in [0.2, 0.25) is 11.8 Å². The van der Waals surface area contributed by atoms with Gasteiger partial charge in [-0.3, -0.25) is 14.5 Å². The third-order valence-corrected chi connectivity index (χ3v) is 10.2. The summed E-state index contributed by atoms with van der Waals surface area (Å²) in [6, 6.07) is 18.5. The van der Waals surface area contributed by atoms with Gasteiger partial charge in [-0.2, -0.15) is 0 Å². The van der Waals surface area contributed by atoms with Crippen molar-refractivity contribution < 1.29 is 23.5 Å². The number of nitrogens with one attached hydrogen (secondary N) is 1. The zero-order valence-corrected chi connectivity index (χ0v) is 28.8. The Morgan fingerprint density at radius 2 is 1.79 bits per heavy atom. The number of halogens is 3. The lowest BCUT2D eigenvalue weighted by Gasteiger charge is -2.46. The smallest absolute Gasteiger partial charge is 0.414 e. The molecule has 3 amide bonds. The van der Waals surface area contributed by atoms with Gasteiger partial charge < -0.3 is 25.6 Å². The summed E-state index contributed by atoms with van der Waals surface area (Å²) >= 11 is 12.6. The molecule has 0 saturated carbocycles. The van der Waals surface area contributed by atoms with Gasteiger partial charge in [0.15, 0.2) is 0 Å². The van der Waals surface area contributed by atoms with Crippen molar-refractivity contribution >= 4 is 46.8 Å². The minimum Gasteiger partial charge on any atom is -0.437 e. The van der Waals surface area contributed by atoms with Crippen molar-refractivity contribution in [2.24, 2.45) is 5.73 Å². The van der Waals surface area contributed by atoms with Crippen LogP contribution in [0.4, 0.5) is 14.9 Å². The molecule has 0 unspecified atom stereocenters. The molecule has 3 N–H and O–H groups in total. The molecular weight excluding hydrogens is 656 g/mol. The van der Waals surface area contributed by atoms with Crippen LogP contribution in [0.25, 0.3) is 0 Å². The van der Waals surface area contributed by atoms with Crippen molar-refractivity contribution in [1.29, 1.82) is 0 Å². The number of piperidine rings is 1. The lowest BCUT2D eigenvalue weighted by molar-refractivity contribution is -0.140. The van der Waals surface area contributed by atoms with E-state index < -0.39 is 23.7 Å². The maximum Gasteiger partial charge on any atom is 0.414 e. The highest BCUT2D eigenvalue weighted by Gasteiger charge is 2.46. The van der Waals surface area contributed by atoms with Crippen LogP contribution in [0.3, 0.4) is 0 Å². The van der Waals surface area contributed by atoms with E-state index in [-0.39, 0.29) is 24.2 Å². The van der Waals surface area contributed by atoms with Gasteiger partial charge in [-0.25, -0.2) is 9.18 Å². The molecule has 3 aromatic carbocycles. The second-order valence-electron chi connectivity index (χ2n) is 12.5. The standard InChI is InChI=1S/C36H42Cl2FN5O4/c1-42(32(33(45)41-17-16-40)21-24-7-4-3-5-8-24)34(46)27(25-10-12-29(37)30(38)22-25)9-6-18-44-19-14-36(15-20-44)28-23-26(39)11-13-31(28)43(2)35(47)48-36/h3-5,7-8,10-13,22-23,27,32H,6,9,14-21,40H2,1-2H3,(H,41,45)/t27-,32-/m0/s1. The number of carbonyl (C=O) groups excluding carboxylic acids is 3. The van der Waals surface area contributed by atoms with E-state index in [1.807, 2.05) is 30.3 Å². The van der Waals surface area contributed by atoms with Gasteiger partial charge in [0.05, 0.1) is 21.7 Å². The molecule has 0 aromatic heterocycles. The zero-order chi connectivity index (χ0) is 34.4. The van der Waals surface area contributed by atoms with Crippen molar-refractivity contribution in [1.82, 2.24) is 15.1 Å². The van der Waals surface area contributed by atoms with E-state index in [1.165, 1.54) is 21.9 Å². The van der Waals surface area contributed by atoms with Gasteiger partial charge in [-0.1, -0.05) is 59.6 Å². The predicted octanol–water partition coefficient (Wildman–Crippen LogP) is 5.72. The minimum absolute atomic E-state index is 0.202. The number of nitrogens with zero attached hydrogens (tertiary/aromatic N) is 3. The minimum atomic E-state index is -0.878. The molecule has 5 rings (SSSR count). The molecule has 0 aliphatic carbocycles. The Labute approximate surface area is 291 Å². The Morgan fingerprint density at radius 3 is 2.48 bits per heavy atom. The number of nitrogens with two attached hydrogens (primary N) is 1. The van der Waals surface area contributed by atoms with Crippen LogP contribution in [0, 0.1) is 5.82 Å². The first-order valence-electron chi connectivity index (χ1n) is 16.3. The first-order chi connectivity index (χ1) is 23.0. The molecule has 1 saturated heterocycles. The Hall–Kier alpha value is -3.70. The molecule has 256 valence electrons. The quantitative estimate of drug-likeness (QED) is 0.251. The van der Waals surface area contributed by atoms with Crippen molar-refractivity contribution in [2.45, 2.75) is 49.7 Å². The fourth-order valence-corrected chi connectivity index (χ4v) is 7.01.